The smallest absolute Gasteiger partial charge is 0.174 e. The van der Waals surface area contributed by atoms with Crippen molar-refractivity contribution in [2.45, 2.75) is 52.4 Å². The number of nitrogens with zero attached hydrogens (tertiary/aromatic N) is 3. The number of hydrogen-bond donors (Lipinski definition) is 2. The number of aromatic amines is 1. The number of phenols is 1. The molecular formula is C19H28N4O3. The highest BCUT2D eigenvalue weighted by molar-refractivity contribution is 5.77. The molecule has 2 N–H and O–H groups in total. The second-order valence-electron chi connectivity index (χ2n) is 5.66. The molecule has 0 amide bonds. The van der Waals surface area contributed by atoms with E-state index in [9.17, 15) is 9.90 Å². The second-order valence-corrected chi connectivity index (χ2v) is 5.66. The Labute approximate surface area is 154 Å². The lowest BCUT2D eigenvalue weighted by Crippen LogP contribution is -2.01. The first-order valence-corrected chi connectivity index (χ1v) is 8.90. The van der Waals surface area contributed by atoms with Crippen molar-refractivity contribution in [1.82, 2.24) is 20.6 Å². The van der Waals surface area contributed by atoms with E-state index in [1.165, 1.54) is 0 Å². The van der Waals surface area contributed by atoms with Crippen LogP contribution in [0.2, 0.25) is 0 Å². The predicted molar refractivity (Wildman–Crippen MR) is 100 cm³/mol. The molecule has 0 saturated heterocycles. The largest absolute Gasteiger partial charge is 0.508 e. The number of hydrogen-bond acceptors (Lipinski definition) is 6. The number of aromatic hydroxyl groups is 1. The lowest BCUT2D eigenvalue weighted by Gasteiger charge is -2.10. The van der Waals surface area contributed by atoms with Gasteiger partial charge in [0, 0.05) is 25.3 Å². The molecular weight excluding hydrogens is 332 g/mol. The van der Waals surface area contributed by atoms with Crippen LogP contribution in [0.15, 0.2) is 30.9 Å². The summed E-state index contributed by atoms with van der Waals surface area (Å²) in [7, 11) is 0. The minimum absolute atomic E-state index is 0.208. The van der Waals surface area contributed by atoms with E-state index in [4.69, 9.17) is 4.74 Å². The van der Waals surface area contributed by atoms with Gasteiger partial charge >= 0.3 is 0 Å². The Morgan fingerprint density at radius 1 is 1.31 bits per heavy atom. The number of tetrazole rings is 1. The van der Waals surface area contributed by atoms with Crippen LogP contribution in [0.25, 0.3) is 0 Å². The lowest BCUT2D eigenvalue weighted by atomic mass is 10.1. The summed E-state index contributed by atoms with van der Waals surface area (Å²) < 4.78 is 5.72. The van der Waals surface area contributed by atoms with Gasteiger partial charge in [0.2, 0.25) is 0 Å². The van der Waals surface area contributed by atoms with E-state index in [0.717, 1.165) is 37.1 Å². The Bertz CT molecular complexity index is 651. The average Bonchev–Trinajstić information content (AvgIpc) is 3.17. The molecule has 7 nitrogen and oxygen atoms in total. The van der Waals surface area contributed by atoms with Crippen molar-refractivity contribution >= 4 is 5.78 Å². The summed E-state index contributed by atoms with van der Waals surface area (Å²) >= 11 is 0. The zero-order valence-electron chi connectivity index (χ0n) is 15.6. The molecule has 0 radical (unpaired) electrons. The molecule has 0 unspecified atom stereocenters. The van der Waals surface area contributed by atoms with Gasteiger partial charge < -0.3 is 9.84 Å². The van der Waals surface area contributed by atoms with E-state index in [2.05, 4.69) is 27.2 Å². The van der Waals surface area contributed by atoms with Crippen LogP contribution in [0, 0.1) is 0 Å². The van der Waals surface area contributed by atoms with Crippen LogP contribution in [-0.4, -0.2) is 38.1 Å². The normalized spacial score (nSPS) is 9.92. The molecule has 0 bridgehead atoms. The number of H-pyrrole nitrogens is 1. The number of carbonyl (C=O) groups excluding carboxylic acids is 1. The molecule has 0 aliphatic carbocycles. The number of ether oxygens (including phenoxy) is 1. The van der Waals surface area contributed by atoms with Crippen LogP contribution < -0.4 is 4.74 Å². The minimum Gasteiger partial charge on any atom is -0.508 e. The van der Waals surface area contributed by atoms with Gasteiger partial charge in [-0.05, 0) is 30.9 Å². The highest BCUT2D eigenvalue weighted by Crippen LogP contribution is 2.25. The van der Waals surface area contributed by atoms with Crippen molar-refractivity contribution in [3.05, 3.63) is 42.2 Å². The van der Waals surface area contributed by atoms with E-state index < -0.39 is 0 Å². The van der Waals surface area contributed by atoms with Gasteiger partial charge in [-0.2, -0.15) is 5.21 Å². The Morgan fingerprint density at radius 3 is 2.65 bits per heavy atom. The minimum atomic E-state index is 0.208. The molecule has 2 rings (SSSR count). The van der Waals surface area contributed by atoms with E-state index in [0.29, 0.717) is 31.0 Å². The van der Waals surface area contributed by atoms with E-state index in [1.807, 2.05) is 26.0 Å². The molecule has 0 aliphatic heterocycles. The van der Waals surface area contributed by atoms with Crippen molar-refractivity contribution in [3.63, 3.8) is 0 Å². The average molecular weight is 360 g/mol. The molecule has 0 atom stereocenters. The van der Waals surface area contributed by atoms with Gasteiger partial charge in [-0.15, -0.1) is 16.8 Å². The fourth-order valence-electron chi connectivity index (χ4n) is 2.11. The summed E-state index contributed by atoms with van der Waals surface area (Å²) in [6.07, 6.45) is 6.51. The molecule has 0 saturated carbocycles. The number of unbranched alkanes of at least 4 members (excludes halogenated alkanes) is 1. The first kappa shape index (κ1) is 21.3. The Balaban J connectivity index is 0.000000487. The summed E-state index contributed by atoms with van der Waals surface area (Å²) in [5.74, 6) is 1.98. The van der Waals surface area contributed by atoms with E-state index >= 15 is 0 Å². The fourth-order valence-corrected chi connectivity index (χ4v) is 2.11. The molecule has 1 heterocycles. The van der Waals surface area contributed by atoms with Gasteiger partial charge in [-0.25, -0.2) is 0 Å². The Kier molecular flexibility index (Phi) is 10.4. The monoisotopic (exact) mass is 360 g/mol. The summed E-state index contributed by atoms with van der Waals surface area (Å²) in [4.78, 5) is 10.2. The van der Waals surface area contributed by atoms with Crippen LogP contribution in [0.3, 0.4) is 0 Å². The highest BCUT2D eigenvalue weighted by atomic mass is 16.5. The molecule has 0 fully saturated rings. The van der Waals surface area contributed by atoms with E-state index in [-0.39, 0.29) is 5.75 Å². The highest BCUT2D eigenvalue weighted by Gasteiger charge is 2.04. The maximum absolute atomic E-state index is 10.2. The topological polar surface area (TPSA) is 101 Å². The SMILES string of the molecule is C=CCc1ccc(O)cc1OCCCCc1nn[nH]n1.CCC(=O)CC. The number of aromatic nitrogens is 4. The number of Topliss-reactive ketones (excluding diaryl/α,β-unsaturated/α-hetero) is 1. The number of rotatable bonds is 10. The summed E-state index contributed by atoms with van der Waals surface area (Å²) in [5.41, 5.74) is 1.02. The Morgan fingerprint density at radius 2 is 2.08 bits per heavy atom. The van der Waals surface area contributed by atoms with Crippen LogP contribution >= 0.6 is 0 Å². The van der Waals surface area contributed by atoms with Crippen molar-refractivity contribution in [1.29, 1.82) is 0 Å². The van der Waals surface area contributed by atoms with Gasteiger partial charge in [0.25, 0.3) is 0 Å². The van der Waals surface area contributed by atoms with Gasteiger partial charge in [-0.1, -0.05) is 31.2 Å². The zero-order valence-corrected chi connectivity index (χ0v) is 15.6. The predicted octanol–water partition coefficient (Wildman–Crippen LogP) is 3.41. The second kappa shape index (κ2) is 12.6. The summed E-state index contributed by atoms with van der Waals surface area (Å²) in [5, 5.41) is 23.2. The van der Waals surface area contributed by atoms with Crippen LogP contribution in [0.4, 0.5) is 0 Å². The summed E-state index contributed by atoms with van der Waals surface area (Å²) in [6, 6.07) is 5.14. The van der Waals surface area contributed by atoms with Crippen LogP contribution in [0.5, 0.6) is 11.5 Å². The van der Waals surface area contributed by atoms with Crippen LogP contribution in [0.1, 0.15) is 50.9 Å². The molecule has 1 aromatic heterocycles. The molecule has 26 heavy (non-hydrogen) atoms. The number of phenolic OH excluding ortho intramolecular Hbond substituents is 1. The maximum atomic E-state index is 10.2. The first-order valence-electron chi connectivity index (χ1n) is 8.90. The standard InChI is InChI=1S/C14H18N4O2.C5H10O/c1-2-5-11-7-8-12(19)10-13(11)20-9-4-3-6-14-15-17-18-16-14;1-3-5(6)4-2/h2,7-8,10,19H,1,3-6,9H2,(H,15,16,17,18);3-4H2,1-2H3. The van der Waals surface area contributed by atoms with Crippen molar-refractivity contribution in [2.24, 2.45) is 0 Å². The third-order valence-electron chi connectivity index (χ3n) is 3.65. The molecule has 0 aliphatic rings. The summed E-state index contributed by atoms with van der Waals surface area (Å²) in [6.45, 7) is 8.07. The molecule has 2 aromatic rings. The zero-order chi connectivity index (χ0) is 19.2. The number of ketones is 1. The number of allylic oxidation sites excluding steroid dienone is 1. The van der Waals surface area contributed by atoms with Gasteiger partial charge in [0.15, 0.2) is 5.82 Å². The van der Waals surface area contributed by atoms with Crippen LogP contribution in [-0.2, 0) is 17.6 Å². The third kappa shape index (κ3) is 8.41. The first-order chi connectivity index (χ1) is 12.6. The molecule has 142 valence electrons. The van der Waals surface area contributed by atoms with Crippen molar-refractivity contribution in [3.8, 4) is 11.5 Å². The molecule has 0 spiro atoms. The lowest BCUT2D eigenvalue weighted by molar-refractivity contribution is -0.118. The van der Waals surface area contributed by atoms with Gasteiger partial charge in [0.1, 0.15) is 17.3 Å². The third-order valence-corrected chi connectivity index (χ3v) is 3.65. The fraction of sp³-hybridized carbons (Fsp3) is 0.474. The number of benzene rings is 1. The van der Waals surface area contributed by atoms with Crippen molar-refractivity contribution in [2.75, 3.05) is 6.61 Å². The quantitative estimate of drug-likeness (QED) is 0.497. The number of carbonyl (C=O) groups is 1. The van der Waals surface area contributed by atoms with E-state index in [1.54, 1.807) is 12.1 Å². The molecule has 1 aromatic carbocycles. The van der Waals surface area contributed by atoms with Gasteiger partial charge in [-0.3, -0.25) is 4.79 Å². The van der Waals surface area contributed by atoms with Crippen molar-refractivity contribution < 1.29 is 14.6 Å². The number of aryl methyl sites for hydroxylation is 1. The van der Waals surface area contributed by atoms with Gasteiger partial charge in [0.05, 0.1) is 6.61 Å². The molecule has 7 heteroatoms. The maximum Gasteiger partial charge on any atom is 0.174 e. The Hall–Kier alpha value is -2.70. The number of nitrogens with one attached hydrogen (secondary N) is 1.